The number of urea groups is 1. The number of imide groups is 1. The summed E-state index contributed by atoms with van der Waals surface area (Å²) < 4.78 is 13.2. The maximum Gasteiger partial charge on any atom is 0.332 e. The number of fused-ring (bicyclic) bond motifs is 1. The topological polar surface area (TPSA) is 40.6 Å². The summed E-state index contributed by atoms with van der Waals surface area (Å²) >= 11 is 0. The maximum atomic E-state index is 13.2. The fourth-order valence-corrected chi connectivity index (χ4v) is 2.83. The lowest BCUT2D eigenvalue weighted by molar-refractivity contribution is -0.120. The van der Waals surface area contributed by atoms with E-state index in [0.717, 1.165) is 11.3 Å². The number of anilines is 1. The van der Waals surface area contributed by atoms with Gasteiger partial charge in [0.15, 0.2) is 0 Å². The highest BCUT2D eigenvalue weighted by molar-refractivity contribution is 6.21. The molecule has 0 aliphatic carbocycles. The van der Waals surface area contributed by atoms with Gasteiger partial charge in [0.2, 0.25) is 0 Å². The molecule has 0 bridgehead atoms. The summed E-state index contributed by atoms with van der Waals surface area (Å²) in [6.45, 7) is 2.68. The molecule has 2 aliphatic heterocycles. The van der Waals surface area contributed by atoms with E-state index < -0.39 is 5.82 Å². The summed E-state index contributed by atoms with van der Waals surface area (Å²) in [6.07, 6.45) is 1.60. The Balaban J connectivity index is 1.95. The lowest BCUT2D eigenvalue weighted by Crippen LogP contribution is -2.41. The van der Waals surface area contributed by atoms with Crippen molar-refractivity contribution in [2.75, 3.05) is 11.4 Å². The molecule has 5 heteroatoms. The van der Waals surface area contributed by atoms with E-state index in [2.05, 4.69) is 6.92 Å². The number of carbonyl (C=O) groups excluding carboxylic acids is 2. The number of hydrogen-bond acceptors (Lipinski definition) is 2. The zero-order valence-corrected chi connectivity index (χ0v) is 10.7. The predicted octanol–water partition coefficient (Wildman–Crippen LogP) is 2.39. The Morgan fingerprint density at radius 1 is 1.32 bits per heavy atom. The third-order valence-electron chi connectivity index (χ3n) is 3.87. The number of piperidine rings is 1. The SMILES string of the molecule is CC1CCN2C(=O)N(c3cccc(F)c3)C(=O)C2C1. The number of halogens is 1. The second-order valence-corrected chi connectivity index (χ2v) is 5.27. The summed E-state index contributed by atoms with van der Waals surface area (Å²) in [7, 11) is 0. The molecule has 0 radical (unpaired) electrons. The molecule has 2 atom stereocenters. The Labute approximate surface area is 110 Å². The van der Waals surface area contributed by atoms with Gasteiger partial charge in [-0.2, -0.15) is 0 Å². The molecule has 19 heavy (non-hydrogen) atoms. The van der Waals surface area contributed by atoms with Crippen LogP contribution in [-0.2, 0) is 4.79 Å². The molecule has 100 valence electrons. The molecule has 2 heterocycles. The van der Waals surface area contributed by atoms with Crippen molar-refractivity contribution in [2.24, 2.45) is 5.92 Å². The van der Waals surface area contributed by atoms with Crippen LogP contribution < -0.4 is 4.90 Å². The van der Waals surface area contributed by atoms with Gasteiger partial charge in [0.1, 0.15) is 11.9 Å². The first-order chi connectivity index (χ1) is 9.08. The van der Waals surface area contributed by atoms with Crippen LogP contribution >= 0.6 is 0 Å². The molecule has 2 unspecified atom stereocenters. The number of nitrogens with zero attached hydrogens (tertiary/aromatic N) is 2. The van der Waals surface area contributed by atoms with Gasteiger partial charge in [-0.3, -0.25) is 4.79 Å². The Morgan fingerprint density at radius 3 is 2.84 bits per heavy atom. The molecular formula is C14H15FN2O2. The highest BCUT2D eigenvalue weighted by Crippen LogP contribution is 2.32. The van der Waals surface area contributed by atoms with Crippen molar-refractivity contribution >= 4 is 17.6 Å². The lowest BCUT2D eigenvalue weighted by Gasteiger charge is -2.30. The van der Waals surface area contributed by atoms with Crippen LogP contribution in [0.4, 0.5) is 14.9 Å². The molecule has 1 aromatic rings. The Morgan fingerprint density at radius 2 is 2.11 bits per heavy atom. The van der Waals surface area contributed by atoms with Crippen LogP contribution in [0.5, 0.6) is 0 Å². The van der Waals surface area contributed by atoms with Crippen LogP contribution in [0.25, 0.3) is 0 Å². The minimum Gasteiger partial charge on any atom is -0.312 e. The molecule has 0 spiro atoms. The van der Waals surface area contributed by atoms with Gasteiger partial charge in [-0.05, 0) is 37.0 Å². The largest absolute Gasteiger partial charge is 0.332 e. The van der Waals surface area contributed by atoms with Crippen molar-refractivity contribution in [1.82, 2.24) is 4.90 Å². The van der Waals surface area contributed by atoms with E-state index in [1.165, 1.54) is 18.2 Å². The first-order valence-corrected chi connectivity index (χ1v) is 6.48. The van der Waals surface area contributed by atoms with E-state index in [1.54, 1.807) is 11.0 Å². The Bertz CT molecular complexity index is 546. The van der Waals surface area contributed by atoms with Gasteiger partial charge in [0.25, 0.3) is 5.91 Å². The van der Waals surface area contributed by atoms with Crippen molar-refractivity contribution in [2.45, 2.75) is 25.8 Å². The van der Waals surface area contributed by atoms with Crippen molar-refractivity contribution in [3.8, 4) is 0 Å². The average molecular weight is 262 g/mol. The van der Waals surface area contributed by atoms with E-state index in [0.29, 0.717) is 24.6 Å². The van der Waals surface area contributed by atoms with Crippen molar-refractivity contribution in [1.29, 1.82) is 0 Å². The molecule has 3 amide bonds. The Hall–Kier alpha value is -1.91. The molecule has 4 nitrogen and oxygen atoms in total. The first kappa shape index (κ1) is 12.1. The fourth-order valence-electron chi connectivity index (χ4n) is 2.83. The fraction of sp³-hybridized carbons (Fsp3) is 0.429. The predicted molar refractivity (Wildman–Crippen MR) is 68.2 cm³/mol. The zero-order chi connectivity index (χ0) is 13.6. The van der Waals surface area contributed by atoms with Gasteiger partial charge in [0, 0.05) is 6.54 Å². The van der Waals surface area contributed by atoms with Gasteiger partial charge >= 0.3 is 6.03 Å². The van der Waals surface area contributed by atoms with E-state index in [-0.39, 0.29) is 18.0 Å². The number of carbonyl (C=O) groups is 2. The molecule has 1 aromatic carbocycles. The van der Waals surface area contributed by atoms with Gasteiger partial charge in [0.05, 0.1) is 5.69 Å². The van der Waals surface area contributed by atoms with Crippen molar-refractivity contribution in [3.63, 3.8) is 0 Å². The van der Waals surface area contributed by atoms with E-state index >= 15 is 0 Å². The second kappa shape index (κ2) is 4.33. The van der Waals surface area contributed by atoms with Crippen LogP contribution in [-0.4, -0.2) is 29.4 Å². The lowest BCUT2D eigenvalue weighted by atomic mass is 9.93. The smallest absolute Gasteiger partial charge is 0.312 e. The summed E-state index contributed by atoms with van der Waals surface area (Å²) in [5, 5.41) is 0. The molecule has 0 N–H and O–H groups in total. The maximum absolute atomic E-state index is 13.2. The number of amides is 3. The monoisotopic (exact) mass is 262 g/mol. The molecular weight excluding hydrogens is 247 g/mol. The van der Waals surface area contributed by atoms with Gasteiger partial charge in [-0.15, -0.1) is 0 Å². The quantitative estimate of drug-likeness (QED) is 0.729. The average Bonchev–Trinajstić information content (AvgIpc) is 2.61. The van der Waals surface area contributed by atoms with Gasteiger partial charge in [-0.25, -0.2) is 14.1 Å². The molecule has 2 saturated heterocycles. The van der Waals surface area contributed by atoms with E-state index in [1.807, 2.05) is 0 Å². The summed E-state index contributed by atoms with van der Waals surface area (Å²) in [6, 6.07) is 4.90. The summed E-state index contributed by atoms with van der Waals surface area (Å²) in [5.41, 5.74) is 0.317. The highest BCUT2D eigenvalue weighted by atomic mass is 19.1. The minimum absolute atomic E-state index is 0.234. The molecule has 3 rings (SSSR count). The normalized spacial score (nSPS) is 26.8. The number of hydrogen-bond donors (Lipinski definition) is 0. The first-order valence-electron chi connectivity index (χ1n) is 6.48. The van der Waals surface area contributed by atoms with Crippen molar-refractivity contribution in [3.05, 3.63) is 30.1 Å². The molecule has 2 aliphatic rings. The third-order valence-corrected chi connectivity index (χ3v) is 3.87. The standard InChI is InChI=1S/C14H15FN2O2/c1-9-5-6-16-12(7-9)13(18)17(14(16)19)11-4-2-3-10(15)8-11/h2-4,8-9,12H,5-7H2,1H3. The van der Waals surface area contributed by atoms with Gasteiger partial charge < -0.3 is 4.90 Å². The van der Waals surface area contributed by atoms with Crippen LogP contribution in [0.1, 0.15) is 19.8 Å². The third kappa shape index (κ3) is 1.89. The van der Waals surface area contributed by atoms with Crippen molar-refractivity contribution < 1.29 is 14.0 Å². The van der Waals surface area contributed by atoms with Crippen LogP contribution in [0.2, 0.25) is 0 Å². The van der Waals surface area contributed by atoms with Crippen LogP contribution in [0.3, 0.4) is 0 Å². The number of rotatable bonds is 1. The van der Waals surface area contributed by atoms with Crippen LogP contribution in [0.15, 0.2) is 24.3 Å². The second-order valence-electron chi connectivity index (χ2n) is 5.27. The summed E-state index contributed by atoms with van der Waals surface area (Å²) in [5.74, 6) is -0.246. The van der Waals surface area contributed by atoms with Crippen LogP contribution in [0, 0.1) is 11.7 Å². The van der Waals surface area contributed by atoms with E-state index in [4.69, 9.17) is 0 Å². The molecule has 2 fully saturated rings. The molecule has 0 saturated carbocycles. The number of benzene rings is 1. The minimum atomic E-state index is -0.448. The highest BCUT2D eigenvalue weighted by Gasteiger charge is 2.47. The summed E-state index contributed by atoms with van der Waals surface area (Å²) in [4.78, 5) is 27.3. The Kier molecular flexibility index (Phi) is 2.77. The molecule has 0 aromatic heterocycles. The zero-order valence-electron chi connectivity index (χ0n) is 10.7. The van der Waals surface area contributed by atoms with E-state index in [9.17, 15) is 14.0 Å². The van der Waals surface area contributed by atoms with Gasteiger partial charge in [-0.1, -0.05) is 13.0 Å².